The highest BCUT2D eigenvalue weighted by molar-refractivity contribution is 6.31. The molecule has 86 valence electrons. The molecule has 0 bridgehead atoms. The van der Waals surface area contributed by atoms with Crippen LogP contribution in [0.15, 0.2) is 30.3 Å². The largest absolute Gasteiger partial charge is 0.297 e. The highest BCUT2D eigenvalue weighted by Crippen LogP contribution is 2.37. The average Bonchev–Trinajstić information content (AvgIpc) is 2.75. The summed E-state index contributed by atoms with van der Waals surface area (Å²) in [5, 5.41) is -0.466. The number of benzene rings is 1. The van der Waals surface area contributed by atoms with Crippen LogP contribution in [-0.2, 0) is 4.79 Å². The number of rotatable bonds is 3. The molecule has 1 aromatic carbocycles. The highest BCUT2D eigenvalue weighted by atomic mass is 35.5. The van der Waals surface area contributed by atoms with Crippen LogP contribution in [0.1, 0.15) is 37.1 Å². The van der Waals surface area contributed by atoms with Crippen molar-refractivity contribution in [3.63, 3.8) is 0 Å². The van der Waals surface area contributed by atoms with Gasteiger partial charge in [-0.15, -0.1) is 11.6 Å². The van der Waals surface area contributed by atoms with Gasteiger partial charge < -0.3 is 0 Å². The number of hydrogen-bond donors (Lipinski definition) is 0. The van der Waals surface area contributed by atoms with Crippen LogP contribution in [-0.4, -0.2) is 5.78 Å². The molecule has 1 nitrogen and oxygen atoms in total. The Bertz CT molecular complexity index is 360. The van der Waals surface area contributed by atoms with Crippen molar-refractivity contribution >= 4 is 17.4 Å². The van der Waals surface area contributed by atoms with Crippen LogP contribution in [0.5, 0.6) is 0 Å². The van der Waals surface area contributed by atoms with Crippen LogP contribution in [0.4, 0.5) is 0 Å². The van der Waals surface area contributed by atoms with Gasteiger partial charge in [0.25, 0.3) is 0 Å². The van der Waals surface area contributed by atoms with Crippen molar-refractivity contribution in [2.24, 2.45) is 11.8 Å². The molecule has 0 amide bonds. The van der Waals surface area contributed by atoms with Crippen LogP contribution in [0.2, 0.25) is 0 Å². The van der Waals surface area contributed by atoms with Crippen LogP contribution in [0.25, 0.3) is 0 Å². The lowest BCUT2D eigenvalue weighted by Gasteiger charge is -2.17. The summed E-state index contributed by atoms with van der Waals surface area (Å²) in [5.41, 5.74) is 0.924. The van der Waals surface area contributed by atoms with Gasteiger partial charge in [0.15, 0.2) is 5.78 Å². The number of carbonyl (C=O) groups is 1. The van der Waals surface area contributed by atoms with Crippen molar-refractivity contribution in [1.29, 1.82) is 0 Å². The minimum absolute atomic E-state index is 0.169. The van der Waals surface area contributed by atoms with E-state index >= 15 is 0 Å². The van der Waals surface area contributed by atoms with Crippen molar-refractivity contribution in [3.05, 3.63) is 35.9 Å². The third kappa shape index (κ3) is 2.30. The number of ketones is 1. The predicted octanol–water partition coefficient (Wildman–Crippen LogP) is 3.97. The van der Waals surface area contributed by atoms with Gasteiger partial charge in [-0.2, -0.15) is 0 Å². The highest BCUT2D eigenvalue weighted by Gasteiger charge is 2.33. The zero-order chi connectivity index (χ0) is 11.5. The Labute approximate surface area is 102 Å². The molecule has 2 heteroatoms. The van der Waals surface area contributed by atoms with E-state index in [0.29, 0.717) is 5.92 Å². The lowest BCUT2D eigenvalue weighted by atomic mass is 9.90. The maximum atomic E-state index is 12.2. The summed E-state index contributed by atoms with van der Waals surface area (Å²) in [6, 6.07) is 9.65. The van der Waals surface area contributed by atoms with Crippen molar-refractivity contribution in [2.75, 3.05) is 0 Å². The fourth-order valence-corrected chi connectivity index (χ4v) is 2.85. The Hall–Kier alpha value is -0.820. The van der Waals surface area contributed by atoms with Gasteiger partial charge in [-0.3, -0.25) is 4.79 Å². The van der Waals surface area contributed by atoms with E-state index in [0.717, 1.165) is 24.8 Å². The number of hydrogen-bond acceptors (Lipinski definition) is 1. The first-order valence-electron chi connectivity index (χ1n) is 5.93. The molecule has 0 radical (unpaired) electrons. The summed E-state index contributed by atoms with van der Waals surface area (Å²) in [6.45, 7) is 2.16. The summed E-state index contributed by atoms with van der Waals surface area (Å²) in [5.74, 6) is 0.873. The fourth-order valence-electron chi connectivity index (χ4n) is 2.54. The third-order valence-electron chi connectivity index (χ3n) is 3.57. The summed E-state index contributed by atoms with van der Waals surface area (Å²) >= 11 is 6.25. The summed E-state index contributed by atoms with van der Waals surface area (Å²) in [4.78, 5) is 12.2. The van der Waals surface area contributed by atoms with Gasteiger partial charge in [-0.25, -0.2) is 0 Å². The molecular weight excluding hydrogens is 220 g/mol. The lowest BCUT2D eigenvalue weighted by Crippen LogP contribution is -2.21. The van der Waals surface area contributed by atoms with Crippen LogP contribution in [0.3, 0.4) is 0 Å². The lowest BCUT2D eigenvalue weighted by molar-refractivity contribution is -0.123. The van der Waals surface area contributed by atoms with Crippen LogP contribution in [0, 0.1) is 11.8 Å². The topological polar surface area (TPSA) is 17.1 Å². The molecule has 0 N–H and O–H groups in total. The molecule has 0 spiro atoms. The molecule has 3 unspecified atom stereocenters. The van der Waals surface area contributed by atoms with E-state index in [1.54, 1.807) is 0 Å². The molecule has 1 aliphatic rings. The number of carbonyl (C=O) groups excluding carboxylic acids is 1. The van der Waals surface area contributed by atoms with E-state index < -0.39 is 5.38 Å². The molecule has 0 heterocycles. The van der Waals surface area contributed by atoms with E-state index in [2.05, 4.69) is 6.92 Å². The Kier molecular flexibility index (Phi) is 3.65. The standard InChI is InChI=1S/C14H17ClO/c1-10-6-5-9-12(10)14(16)13(15)11-7-3-2-4-8-11/h2-4,7-8,10,12-13H,5-6,9H2,1H3. The molecule has 1 aliphatic carbocycles. The van der Waals surface area contributed by atoms with Crippen LogP contribution >= 0.6 is 11.6 Å². The Morgan fingerprint density at radius 1 is 1.31 bits per heavy atom. The first kappa shape index (κ1) is 11.7. The molecule has 1 aromatic rings. The summed E-state index contributed by atoms with van der Waals surface area (Å²) < 4.78 is 0. The summed E-state index contributed by atoms with van der Waals surface area (Å²) in [7, 11) is 0. The average molecular weight is 237 g/mol. The monoisotopic (exact) mass is 236 g/mol. The molecule has 0 aliphatic heterocycles. The first-order chi connectivity index (χ1) is 7.70. The molecule has 1 saturated carbocycles. The fraction of sp³-hybridized carbons (Fsp3) is 0.500. The zero-order valence-electron chi connectivity index (χ0n) is 9.53. The minimum atomic E-state index is -0.466. The van der Waals surface area contributed by atoms with Gasteiger partial charge in [0.2, 0.25) is 0 Å². The Morgan fingerprint density at radius 2 is 2.00 bits per heavy atom. The van der Waals surface area contributed by atoms with E-state index in [4.69, 9.17) is 11.6 Å². The Morgan fingerprint density at radius 3 is 2.56 bits per heavy atom. The Balaban J connectivity index is 2.10. The summed E-state index contributed by atoms with van der Waals surface area (Å²) in [6.07, 6.45) is 3.33. The van der Waals surface area contributed by atoms with Crippen molar-refractivity contribution < 1.29 is 4.79 Å². The molecule has 2 rings (SSSR count). The van der Waals surface area contributed by atoms with Crippen molar-refractivity contribution in [3.8, 4) is 0 Å². The van der Waals surface area contributed by atoms with Gasteiger partial charge in [-0.1, -0.05) is 43.7 Å². The van der Waals surface area contributed by atoms with Crippen molar-refractivity contribution in [2.45, 2.75) is 31.6 Å². The molecule has 1 fully saturated rings. The van der Waals surface area contributed by atoms with Crippen LogP contribution < -0.4 is 0 Å². The van der Waals surface area contributed by atoms with E-state index in [1.165, 1.54) is 0 Å². The van der Waals surface area contributed by atoms with Crippen molar-refractivity contribution in [1.82, 2.24) is 0 Å². The number of Topliss-reactive ketones (excluding diaryl/α,β-unsaturated/α-hetero) is 1. The van der Waals surface area contributed by atoms with Gasteiger partial charge in [0, 0.05) is 5.92 Å². The van der Waals surface area contributed by atoms with Gasteiger partial charge >= 0.3 is 0 Å². The second kappa shape index (κ2) is 5.01. The minimum Gasteiger partial charge on any atom is -0.297 e. The second-order valence-electron chi connectivity index (χ2n) is 4.69. The third-order valence-corrected chi connectivity index (χ3v) is 4.04. The zero-order valence-corrected chi connectivity index (χ0v) is 10.3. The number of halogens is 1. The smallest absolute Gasteiger partial charge is 0.158 e. The maximum absolute atomic E-state index is 12.2. The normalized spacial score (nSPS) is 26.6. The van der Waals surface area contributed by atoms with E-state index in [9.17, 15) is 4.79 Å². The molecule has 3 atom stereocenters. The van der Waals surface area contributed by atoms with E-state index in [1.807, 2.05) is 30.3 Å². The van der Waals surface area contributed by atoms with Gasteiger partial charge in [0.1, 0.15) is 5.38 Å². The molecule has 0 saturated heterocycles. The SMILES string of the molecule is CC1CCCC1C(=O)C(Cl)c1ccccc1. The second-order valence-corrected chi connectivity index (χ2v) is 5.13. The molecule has 16 heavy (non-hydrogen) atoms. The molecule has 0 aromatic heterocycles. The number of alkyl halides is 1. The predicted molar refractivity (Wildman–Crippen MR) is 66.5 cm³/mol. The van der Waals surface area contributed by atoms with Gasteiger partial charge in [0.05, 0.1) is 0 Å². The quantitative estimate of drug-likeness (QED) is 0.726. The van der Waals surface area contributed by atoms with Gasteiger partial charge in [-0.05, 0) is 24.3 Å². The van der Waals surface area contributed by atoms with E-state index in [-0.39, 0.29) is 11.7 Å². The molecular formula is C14H17ClO. The first-order valence-corrected chi connectivity index (χ1v) is 6.36. The maximum Gasteiger partial charge on any atom is 0.158 e.